The van der Waals surface area contributed by atoms with Crippen molar-refractivity contribution in [1.82, 2.24) is 25.1 Å². The molecule has 160 valence electrons. The van der Waals surface area contributed by atoms with Gasteiger partial charge in [0, 0.05) is 15.5 Å². The molecule has 2 aromatic carbocycles. The molecular formula is C22H16ClN5O2S2. The van der Waals surface area contributed by atoms with Gasteiger partial charge in [0.25, 0.3) is 5.56 Å². The molecule has 10 heteroatoms. The quantitative estimate of drug-likeness (QED) is 0.315. The average Bonchev–Trinajstić information content (AvgIpc) is 3.46. The lowest BCUT2D eigenvalue weighted by Crippen LogP contribution is -2.09. The number of hydrogen-bond donors (Lipinski definition) is 2. The summed E-state index contributed by atoms with van der Waals surface area (Å²) in [6, 6.07) is 17.0. The number of H-pyrrole nitrogens is 2. The zero-order chi connectivity index (χ0) is 22.1. The average molecular weight is 482 g/mol. The third-order valence-electron chi connectivity index (χ3n) is 4.73. The van der Waals surface area contributed by atoms with Crippen LogP contribution < -0.4 is 10.3 Å². The minimum atomic E-state index is -0.146. The number of methoxy groups -OCH3 is 1. The van der Waals surface area contributed by atoms with E-state index in [4.69, 9.17) is 16.3 Å². The van der Waals surface area contributed by atoms with Crippen molar-refractivity contribution in [3.8, 4) is 27.6 Å². The van der Waals surface area contributed by atoms with Crippen molar-refractivity contribution in [2.24, 2.45) is 0 Å². The van der Waals surface area contributed by atoms with Crippen molar-refractivity contribution >= 4 is 44.9 Å². The molecule has 32 heavy (non-hydrogen) atoms. The van der Waals surface area contributed by atoms with E-state index in [1.54, 1.807) is 19.2 Å². The van der Waals surface area contributed by atoms with Crippen LogP contribution in [0.3, 0.4) is 0 Å². The summed E-state index contributed by atoms with van der Waals surface area (Å²) < 4.78 is 5.81. The SMILES string of the molecule is COc1ccc(-c2cc3nc(CSc4n[nH]c(-c5ccc(Cl)cc5)n4)[nH]c(=O)c3s2)cc1. The molecule has 3 heterocycles. The lowest BCUT2D eigenvalue weighted by Gasteiger charge is -2.00. The summed E-state index contributed by atoms with van der Waals surface area (Å²) >= 11 is 8.75. The van der Waals surface area contributed by atoms with Crippen LogP contribution in [0.4, 0.5) is 0 Å². The van der Waals surface area contributed by atoms with E-state index in [-0.39, 0.29) is 5.56 Å². The van der Waals surface area contributed by atoms with Gasteiger partial charge >= 0.3 is 0 Å². The largest absolute Gasteiger partial charge is 0.497 e. The Bertz CT molecular complexity index is 1440. The Morgan fingerprint density at radius 1 is 1.06 bits per heavy atom. The smallest absolute Gasteiger partial charge is 0.268 e. The Hall–Kier alpha value is -3.14. The van der Waals surface area contributed by atoms with Gasteiger partial charge in [0.2, 0.25) is 5.16 Å². The van der Waals surface area contributed by atoms with E-state index in [2.05, 4.69) is 25.1 Å². The Labute approximate surface area is 195 Å². The number of thioether (sulfide) groups is 1. The highest BCUT2D eigenvalue weighted by atomic mass is 35.5. The van der Waals surface area contributed by atoms with E-state index in [9.17, 15) is 4.79 Å². The predicted molar refractivity (Wildman–Crippen MR) is 129 cm³/mol. The van der Waals surface area contributed by atoms with Gasteiger partial charge in [-0.2, -0.15) is 0 Å². The molecular weight excluding hydrogens is 466 g/mol. The topological polar surface area (TPSA) is 96.6 Å². The van der Waals surface area contributed by atoms with Crippen LogP contribution in [0.15, 0.2) is 64.5 Å². The van der Waals surface area contributed by atoms with Gasteiger partial charge in [-0.15, -0.1) is 16.4 Å². The molecule has 2 N–H and O–H groups in total. The summed E-state index contributed by atoms with van der Waals surface area (Å²) in [5, 5.41) is 8.40. The lowest BCUT2D eigenvalue weighted by atomic mass is 10.2. The molecule has 5 aromatic rings. The molecule has 7 nitrogen and oxygen atoms in total. The first-order chi connectivity index (χ1) is 15.6. The van der Waals surface area contributed by atoms with Crippen molar-refractivity contribution in [3.05, 3.63) is 75.8 Å². The maximum absolute atomic E-state index is 12.6. The number of halogens is 1. The second-order valence-electron chi connectivity index (χ2n) is 6.83. The van der Waals surface area contributed by atoms with Crippen LogP contribution in [0.2, 0.25) is 5.02 Å². The maximum Gasteiger partial charge on any atom is 0.268 e. The molecule has 0 saturated carbocycles. The first-order valence-electron chi connectivity index (χ1n) is 9.57. The molecule has 0 unspecified atom stereocenters. The van der Waals surface area contributed by atoms with Gasteiger partial charge in [-0.3, -0.25) is 9.89 Å². The zero-order valence-electron chi connectivity index (χ0n) is 16.8. The van der Waals surface area contributed by atoms with Gasteiger partial charge in [-0.25, -0.2) is 9.97 Å². The number of nitrogens with zero attached hydrogens (tertiary/aromatic N) is 3. The van der Waals surface area contributed by atoms with E-state index in [0.717, 1.165) is 21.8 Å². The predicted octanol–water partition coefficient (Wildman–Crippen LogP) is 5.39. The standard InChI is InChI=1S/C22H16ClN5O2S2/c1-30-15-8-4-12(5-9-15)17-10-16-19(32-17)21(29)25-18(24-16)11-31-22-26-20(27-28-22)13-2-6-14(23)7-3-13/h2-10H,11H2,1H3,(H,24,25,29)(H,26,27,28). The number of aromatic amines is 2. The Kier molecular flexibility index (Phi) is 5.69. The molecule has 0 spiro atoms. The first kappa shape index (κ1) is 20.7. The second-order valence-corrected chi connectivity index (χ2v) is 9.26. The van der Waals surface area contributed by atoms with Crippen LogP contribution in [0.5, 0.6) is 5.75 Å². The van der Waals surface area contributed by atoms with E-state index >= 15 is 0 Å². The highest BCUT2D eigenvalue weighted by Gasteiger charge is 2.12. The van der Waals surface area contributed by atoms with Crippen LogP contribution in [-0.2, 0) is 5.75 Å². The number of fused-ring (bicyclic) bond motifs is 1. The number of thiophene rings is 1. The molecule has 0 aliphatic carbocycles. The number of aromatic nitrogens is 5. The Morgan fingerprint density at radius 2 is 1.81 bits per heavy atom. The molecule has 0 amide bonds. The summed E-state index contributed by atoms with van der Waals surface area (Å²) in [5.74, 6) is 2.46. The van der Waals surface area contributed by atoms with E-state index in [1.165, 1.54) is 23.1 Å². The fraction of sp³-hybridized carbons (Fsp3) is 0.0909. The zero-order valence-corrected chi connectivity index (χ0v) is 19.1. The molecule has 0 bridgehead atoms. The molecule has 3 aromatic heterocycles. The van der Waals surface area contributed by atoms with Gasteiger partial charge in [0.15, 0.2) is 5.82 Å². The number of rotatable bonds is 6. The minimum Gasteiger partial charge on any atom is -0.497 e. The molecule has 0 aliphatic heterocycles. The van der Waals surface area contributed by atoms with Crippen molar-refractivity contribution in [2.75, 3.05) is 7.11 Å². The fourth-order valence-corrected chi connectivity index (χ4v) is 4.93. The highest BCUT2D eigenvalue weighted by molar-refractivity contribution is 7.98. The van der Waals surface area contributed by atoms with E-state index < -0.39 is 0 Å². The molecule has 0 atom stereocenters. The van der Waals surface area contributed by atoms with Crippen LogP contribution in [0, 0.1) is 0 Å². The highest BCUT2D eigenvalue weighted by Crippen LogP contribution is 2.32. The Morgan fingerprint density at radius 3 is 2.56 bits per heavy atom. The molecule has 5 rings (SSSR count). The van der Waals surface area contributed by atoms with Gasteiger partial charge in [0.05, 0.1) is 18.4 Å². The van der Waals surface area contributed by atoms with Crippen molar-refractivity contribution in [3.63, 3.8) is 0 Å². The second kappa shape index (κ2) is 8.78. The van der Waals surface area contributed by atoms with Crippen LogP contribution in [0.25, 0.3) is 32.0 Å². The van der Waals surface area contributed by atoms with E-state index in [0.29, 0.717) is 37.8 Å². The molecule has 0 aliphatic rings. The number of benzene rings is 2. The summed E-state index contributed by atoms with van der Waals surface area (Å²) in [5.41, 5.74) is 2.44. The normalized spacial score (nSPS) is 11.2. The molecule has 0 saturated heterocycles. The van der Waals surface area contributed by atoms with Crippen molar-refractivity contribution in [2.45, 2.75) is 10.9 Å². The summed E-state index contributed by atoms with van der Waals surface area (Å²) in [6.07, 6.45) is 0. The van der Waals surface area contributed by atoms with Gasteiger partial charge < -0.3 is 9.72 Å². The van der Waals surface area contributed by atoms with Crippen LogP contribution in [-0.4, -0.2) is 32.3 Å². The third-order valence-corrected chi connectivity index (χ3v) is 7.01. The molecule has 0 radical (unpaired) electrons. The summed E-state index contributed by atoms with van der Waals surface area (Å²) in [4.78, 5) is 25.6. The number of hydrogen-bond acceptors (Lipinski definition) is 7. The summed E-state index contributed by atoms with van der Waals surface area (Å²) in [6.45, 7) is 0. The minimum absolute atomic E-state index is 0.146. The number of nitrogens with one attached hydrogen (secondary N) is 2. The Balaban J connectivity index is 1.34. The van der Waals surface area contributed by atoms with Crippen molar-refractivity contribution in [1.29, 1.82) is 0 Å². The van der Waals surface area contributed by atoms with Crippen LogP contribution >= 0.6 is 34.7 Å². The lowest BCUT2D eigenvalue weighted by molar-refractivity contribution is 0.415. The van der Waals surface area contributed by atoms with Gasteiger partial charge in [0.1, 0.15) is 16.3 Å². The first-order valence-corrected chi connectivity index (χ1v) is 11.8. The van der Waals surface area contributed by atoms with Gasteiger partial charge in [-0.1, -0.05) is 23.4 Å². The van der Waals surface area contributed by atoms with E-state index in [1.807, 2.05) is 42.5 Å². The number of ether oxygens (including phenoxy) is 1. The fourth-order valence-electron chi connectivity index (χ4n) is 3.13. The third kappa shape index (κ3) is 4.27. The van der Waals surface area contributed by atoms with Crippen molar-refractivity contribution < 1.29 is 4.74 Å². The molecule has 0 fully saturated rings. The van der Waals surface area contributed by atoms with Crippen LogP contribution in [0.1, 0.15) is 5.82 Å². The monoisotopic (exact) mass is 481 g/mol. The maximum atomic E-state index is 12.6. The van der Waals surface area contributed by atoms with Gasteiger partial charge in [-0.05, 0) is 60.2 Å². The summed E-state index contributed by atoms with van der Waals surface area (Å²) in [7, 11) is 1.63.